The molecule has 0 aliphatic heterocycles. The van der Waals surface area contributed by atoms with Gasteiger partial charge in [-0.05, 0) is 26.8 Å². The summed E-state index contributed by atoms with van der Waals surface area (Å²) in [7, 11) is 2.49. The van der Waals surface area contributed by atoms with E-state index in [0.717, 1.165) is 0 Å². The lowest BCUT2D eigenvalue weighted by atomic mass is 9.82. The van der Waals surface area contributed by atoms with Crippen LogP contribution in [-0.2, 0) is 28.8 Å². The van der Waals surface area contributed by atoms with Crippen LogP contribution in [0, 0.1) is 5.41 Å². The van der Waals surface area contributed by atoms with Crippen molar-refractivity contribution < 1.29 is 28.8 Å². The molecule has 0 aromatic heterocycles. The van der Waals surface area contributed by atoms with Crippen molar-refractivity contribution >= 4 is 23.5 Å². The molecule has 22 heavy (non-hydrogen) atoms. The first kappa shape index (κ1) is 18.7. The van der Waals surface area contributed by atoms with Gasteiger partial charge < -0.3 is 9.47 Å². The second-order valence-corrected chi connectivity index (χ2v) is 6.10. The molecule has 0 saturated heterocycles. The van der Waals surface area contributed by atoms with Crippen LogP contribution in [0.2, 0.25) is 0 Å². The summed E-state index contributed by atoms with van der Waals surface area (Å²) < 4.78 is 9.48. The molecule has 124 valence electrons. The van der Waals surface area contributed by atoms with Gasteiger partial charge in [0.15, 0.2) is 0 Å². The summed E-state index contributed by atoms with van der Waals surface area (Å²) in [4.78, 5) is 34.5. The molecule has 1 rings (SSSR count). The van der Waals surface area contributed by atoms with Crippen molar-refractivity contribution in [2.24, 2.45) is 5.41 Å². The quantitative estimate of drug-likeness (QED) is 0.253. The number of carbonyl (C=O) groups excluding carboxylic acids is 2. The highest BCUT2D eigenvalue weighted by Crippen LogP contribution is 2.33. The van der Waals surface area contributed by atoms with Crippen LogP contribution >= 0.6 is 11.6 Å². The van der Waals surface area contributed by atoms with Crippen LogP contribution in [0.1, 0.15) is 20.8 Å². The summed E-state index contributed by atoms with van der Waals surface area (Å²) in [6.07, 6.45) is 3.66. The van der Waals surface area contributed by atoms with Gasteiger partial charge in [-0.15, -0.1) is 11.6 Å². The van der Waals surface area contributed by atoms with Crippen LogP contribution < -0.4 is 0 Å². The molecule has 2 unspecified atom stereocenters. The third kappa shape index (κ3) is 4.32. The fourth-order valence-corrected chi connectivity index (χ4v) is 2.07. The molecule has 0 saturated carbocycles. The Morgan fingerprint density at radius 1 is 1.27 bits per heavy atom. The molecule has 0 bridgehead atoms. The zero-order valence-corrected chi connectivity index (χ0v) is 14.1. The predicted octanol–water partition coefficient (Wildman–Crippen LogP) is 2.17. The number of methoxy groups -OCH3 is 2. The van der Waals surface area contributed by atoms with Gasteiger partial charge in [-0.1, -0.05) is 12.2 Å². The van der Waals surface area contributed by atoms with Gasteiger partial charge >= 0.3 is 11.9 Å². The first-order valence-electron chi connectivity index (χ1n) is 6.68. The standard InChI is InChI=1S/C15H21ClO6/c1-14(2,3)22-21-11-6-7-15(9-16,13(18)20-5)8-10(11)12(17)19-4/h6-8,11H,9H2,1-5H3. The molecule has 0 aromatic carbocycles. The highest BCUT2D eigenvalue weighted by molar-refractivity contribution is 6.20. The Labute approximate surface area is 134 Å². The molecule has 7 heteroatoms. The number of halogens is 1. The van der Waals surface area contributed by atoms with Crippen LogP contribution in [-0.4, -0.2) is 43.7 Å². The lowest BCUT2D eigenvalue weighted by Gasteiger charge is -2.30. The lowest BCUT2D eigenvalue weighted by Crippen LogP contribution is -2.37. The molecule has 0 aromatic rings. The van der Waals surface area contributed by atoms with E-state index in [9.17, 15) is 9.59 Å². The molecule has 0 amide bonds. The Hall–Kier alpha value is -1.37. The number of alkyl halides is 1. The Kier molecular flexibility index (Phi) is 6.17. The number of hydrogen-bond donors (Lipinski definition) is 0. The largest absolute Gasteiger partial charge is 0.468 e. The maximum Gasteiger partial charge on any atom is 0.336 e. The maximum absolute atomic E-state index is 12.0. The molecule has 0 N–H and O–H groups in total. The Balaban J connectivity index is 3.12. The first-order chi connectivity index (χ1) is 10.2. The van der Waals surface area contributed by atoms with Crippen molar-refractivity contribution in [3.8, 4) is 0 Å². The van der Waals surface area contributed by atoms with Crippen molar-refractivity contribution in [2.75, 3.05) is 20.1 Å². The monoisotopic (exact) mass is 332 g/mol. The van der Waals surface area contributed by atoms with Crippen LogP contribution in [0.3, 0.4) is 0 Å². The third-order valence-corrected chi connectivity index (χ3v) is 3.34. The molecule has 0 heterocycles. The fraction of sp³-hybridized carbons (Fsp3) is 0.600. The van der Waals surface area contributed by atoms with E-state index in [2.05, 4.69) is 0 Å². The Morgan fingerprint density at radius 2 is 1.91 bits per heavy atom. The van der Waals surface area contributed by atoms with Gasteiger partial charge in [-0.2, -0.15) is 0 Å². The Morgan fingerprint density at radius 3 is 2.36 bits per heavy atom. The highest BCUT2D eigenvalue weighted by atomic mass is 35.5. The van der Waals surface area contributed by atoms with Crippen LogP contribution in [0.15, 0.2) is 23.8 Å². The minimum absolute atomic E-state index is 0.0798. The fourth-order valence-electron chi connectivity index (χ4n) is 1.80. The minimum atomic E-state index is -1.23. The first-order valence-corrected chi connectivity index (χ1v) is 7.22. The van der Waals surface area contributed by atoms with E-state index in [1.165, 1.54) is 32.4 Å². The van der Waals surface area contributed by atoms with Crippen molar-refractivity contribution in [1.29, 1.82) is 0 Å². The molecule has 6 nitrogen and oxygen atoms in total. The zero-order valence-electron chi connectivity index (χ0n) is 13.3. The molecule has 0 radical (unpaired) electrons. The van der Waals surface area contributed by atoms with E-state index < -0.39 is 29.1 Å². The van der Waals surface area contributed by atoms with Gasteiger partial charge in [0.2, 0.25) is 0 Å². The summed E-state index contributed by atoms with van der Waals surface area (Å²) in [5, 5.41) is 0. The van der Waals surface area contributed by atoms with E-state index in [4.69, 9.17) is 30.8 Å². The topological polar surface area (TPSA) is 71.1 Å². The maximum atomic E-state index is 12.0. The number of rotatable bonds is 5. The van der Waals surface area contributed by atoms with Crippen LogP contribution in [0.25, 0.3) is 0 Å². The highest BCUT2D eigenvalue weighted by Gasteiger charge is 2.41. The van der Waals surface area contributed by atoms with Crippen molar-refractivity contribution in [3.63, 3.8) is 0 Å². The smallest absolute Gasteiger partial charge is 0.336 e. The van der Waals surface area contributed by atoms with Crippen LogP contribution in [0.4, 0.5) is 0 Å². The summed E-state index contributed by atoms with van der Waals surface area (Å²) >= 11 is 5.90. The summed E-state index contributed by atoms with van der Waals surface area (Å²) in [6.45, 7) is 5.41. The van der Waals surface area contributed by atoms with E-state index in [1.807, 2.05) is 0 Å². The SMILES string of the molecule is COC(=O)C1=CC(CCl)(C(=O)OC)C=CC1OOC(C)(C)C. The summed E-state index contributed by atoms with van der Waals surface area (Å²) in [5.74, 6) is -1.29. The van der Waals surface area contributed by atoms with Crippen molar-refractivity contribution in [2.45, 2.75) is 32.5 Å². The van der Waals surface area contributed by atoms with E-state index >= 15 is 0 Å². The lowest BCUT2D eigenvalue weighted by molar-refractivity contribution is -0.358. The predicted molar refractivity (Wildman–Crippen MR) is 80.1 cm³/mol. The number of carbonyl (C=O) groups is 2. The average molecular weight is 333 g/mol. The zero-order chi connectivity index (χ0) is 17.0. The second kappa shape index (κ2) is 7.26. The number of esters is 2. The van der Waals surface area contributed by atoms with Gasteiger partial charge in [-0.3, -0.25) is 4.79 Å². The normalized spacial score (nSPS) is 24.6. The Bertz CT molecular complexity index is 491. The summed E-state index contributed by atoms with van der Waals surface area (Å²) in [6, 6.07) is 0. The average Bonchev–Trinajstić information content (AvgIpc) is 2.50. The van der Waals surface area contributed by atoms with Gasteiger partial charge in [0.25, 0.3) is 0 Å². The summed E-state index contributed by atoms with van der Waals surface area (Å²) in [5.41, 5.74) is -1.67. The van der Waals surface area contributed by atoms with Gasteiger partial charge in [-0.25, -0.2) is 14.6 Å². The second-order valence-electron chi connectivity index (χ2n) is 5.83. The van der Waals surface area contributed by atoms with E-state index in [-0.39, 0.29) is 11.5 Å². The molecule has 0 spiro atoms. The third-order valence-electron chi connectivity index (χ3n) is 2.90. The van der Waals surface area contributed by atoms with Gasteiger partial charge in [0.05, 0.1) is 25.4 Å². The minimum Gasteiger partial charge on any atom is -0.468 e. The molecule has 0 fully saturated rings. The van der Waals surface area contributed by atoms with Gasteiger partial charge in [0, 0.05) is 5.88 Å². The molecular formula is C15H21ClO6. The van der Waals surface area contributed by atoms with Crippen molar-refractivity contribution in [1.82, 2.24) is 0 Å². The van der Waals surface area contributed by atoms with Gasteiger partial charge in [0.1, 0.15) is 11.5 Å². The van der Waals surface area contributed by atoms with E-state index in [0.29, 0.717) is 0 Å². The van der Waals surface area contributed by atoms with Crippen LogP contribution in [0.5, 0.6) is 0 Å². The van der Waals surface area contributed by atoms with Crippen molar-refractivity contribution in [3.05, 3.63) is 23.8 Å². The molecular weight excluding hydrogens is 312 g/mol. The number of hydrogen-bond acceptors (Lipinski definition) is 6. The molecule has 2 atom stereocenters. The molecule has 1 aliphatic carbocycles. The molecule has 1 aliphatic rings. The van der Waals surface area contributed by atoms with E-state index in [1.54, 1.807) is 20.8 Å². The number of ether oxygens (including phenoxy) is 2.